The number of hydrogen-bond acceptors (Lipinski definition) is 4. The van der Waals surface area contributed by atoms with Gasteiger partial charge >= 0.3 is 0 Å². The van der Waals surface area contributed by atoms with Crippen molar-refractivity contribution >= 4 is 11.8 Å². The lowest BCUT2D eigenvalue weighted by atomic mass is 9.58. The topological polar surface area (TPSA) is 32.7 Å². The fourth-order valence-electron chi connectivity index (χ4n) is 3.83. The van der Waals surface area contributed by atoms with Crippen molar-refractivity contribution in [2.75, 3.05) is 32.0 Å². The first-order valence-corrected chi connectivity index (χ1v) is 9.53. The molecular formula is C18H26FNO2S. The highest BCUT2D eigenvalue weighted by atomic mass is 32.2. The number of rotatable bonds is 6. The van der Waals surface area contributed by atoms with Gasteiger partial charge in [0.2, 0.25) is 0 Å². The van der Waals surface area contributed by atoms with Crippen LogP contribution in [-0.2, 0) is 4.74 Å². The summed E-state index contributed by atoms with van der Waals surface area (Å²) in [6, 6.07) is 6.70. The summed E-state index contributed by atoms with van der Waals surface area (Å²) in [4.78, 5) is 3.58. The van der Waals surface area contributed by atoms with Crippen LogP contribution >= 0.6 is 11.8 Å². The molecule has 1 saturated carbocycles. The van der Waals surface area contributed by atoms with Crippen LogP contribution in [0.5, 0.6) is 0 Å². The fraction of sp³-hybridized carbons (Fsp3) is 0.667. The molecule has 0 aromatic heterocycles. The third-order valence-electron chi connectivity index (χ3n) is 5.39. The van der Waals surface area contributed by atoms with Crippen LogP contribution in [0.1, 0.15) is 26.2 Å². The van der Waals surface area contributed by atoms with Crippen molar-refractivity contribution in [1.82, 2.24) is 4.90 Å². The highest BCUT2D eigenvalue weighted by Crippen LogP contribution is 2.50. The van der Waals surface area contributed by atoms with Crippen molar-refractivity contribution in [3.63, 3.8) is 0 Å². The monoisotopic (exact) mass is 339 g/mol. The average molecular weight is 339 g/mol. The third-order valence-corrected chi connectivity index (χ3v) is 6.38. The molecule has 2 aliphatic rings. The summed E-state index contributed by atoms with van der Waals surface area (Å²) in [6.45, 7) is 5.86. The van der Waals surface area contributed by atoms with Crippen LogP contribution in [0, 0.1) is 11.2 Å². The van der Waals surface area contributed by atoms with Crippen LogP contribution in [0.25, 0.3) is 0 Å². The van der Waals surface area contributed by atoms with E-state index in [4.69, 9.17) is 4.74 Å². The maximum Gasteiger partial charge on any atom is 0.123 e. The zero-order valence-corrected chi connectivity index (χ0v) is 14.5. The van der Waals surface area contributed by atoms with Crippen LogP contribution in [0.3, 0.4) is 0 Å². The molecule has 0 bridgehead atoms. The molecule has 2 fully saturated rings. The molecular weight excluding hydrogens is 313 g/mol. The van der Waals surface area contributed by atoms with Gasteiger partial charge in [-0.1, -0.05) is 0 Å². The van der Waals surface area contributed by atoms with E-state index in [1.807, 2.05) is 19.1 Å². The molecule has 3 nitrogen and oxygen atoms in total. The van der Waals surface area contributed by atoms with E-state index in [0.717, 1.165) is 56.2 Å². The Labute approximate surface area is 142 Å². The molecule has 3 rings (SSSR count). The number of nitrogens with zero attached hydrogens (tertiary/aromatic N) is 1. The minimum atomic E-state index is -0.185. The zero-order valence-electron chi connectivity index (χ0n) is 13.7. The number of likely N-dealkylation sites (tertiary alicyclic amines) is 1. The number of ether oxygens (including phenoxy) is 1. The SMILES string of the molecule is CCOC1CC(O)C12CCN(CCSc1ccc(F)cc1)CC2. The van der Waals surface area contributed by atoms with E-state index in [-0.39, 0.29) is 23.4 Å². The van der Waals surface area contributed by atoms with E-state index in [9.17, 15) is 9.50 Å². The van der Waals surface area contributed by atoms with Crippen molar-refractivity contribution in [2.45, 2.75) is 43.3 Å². The van der Waals surface area contributed by atoms with Gasteiger partial charge < -0.3 is 14.7 Å². The largest absolute Gasteiger partial charge is 0.392 e. The van der Waals surface area contributed by atoms with Gasteiger partial charge in [0.1, 0.15) is 5.82 Å². The van der Waals surface area contributed by atoms with Gasteiger partial charge in [-0.3, -0.25) is 0 Å². The summed E-state index contributed by atoms with van der Waals surface area (Å²) < 4.78 is 18.7. The molecule has 0 amide bonds. The zero-order chi connectivity index (χ0) is 16.3. The number of benzene rings is 1. The van der Waals surface area contributed by atoms with E-state index in [1.54, 1.807) is 11.8 Å². The second-order valence-electron chi connectivity index (χ2n) is 6.57. The Morgan fingerprint density at radius 3 is 2.61 bits per heavy atom. The smallest absolute Gasteiger partial charge is 0.123 e. The molecule has 1 N–H and O–H groups in total. The van der Waals surface area contributed by atoms with Gasteiger partial charge in [0, 0.05) is 35.6 Å². The molecule has 1 heterocycles. The van der Waals surface area contributed by atoms with Crippen LogP contribution in [-0.4, -0.2) is 54.2 Å². The van der Waals surface area contributed by atoms with Gasteiger partial charge in [-0.05, 0) is 57.1 Å². The van der Waals surface area contributed by atoms with Gasteiger partial charge in [-0.25, -0.2) is 4.39 Å². The molecule has 128 valence electrons. The average Bonchev–Trinajstić information content (AvgIpc) is 2.57. The first-order valence-electron chi connectivity index (χ1n) is 8.54. The van der Waals surface area contributed by atoms with E-state index in [0.29, 0.717) is 0 Å². The molecule has 1 spiro atoms. The van der Waals surface area contributed by atoms with E-state index in [1.165, 1.54) is 12.1 Å². The molecule has 5 heteroatoms. The summed E-state index contributed by atoms with van der Waals surface area (Å²) in [7, 11) is 0. The van der Waals surface area contributed by atoms with Crippen molar-refractivity contribution in [3.8, 4) is 0 Å². The summed E-state index contributed by atoms with van der Waals surface area (Å²) >= 11 is 1.77. The molecule has 1 saturated heterocycles. The van der Waals surface area contributed by atoms with Crippen LogP contribution in [0.15, 0.2) is 29.2 Å². The first-order chi connectivity index (χ1) is 11.1. The third kappa shape index (κ3) is 3.73. The van der Waals surface area contributed by atoms with Crippen LogP contribution in [0.4, 0.5) is 4.39 Å². The number of aliphatic hydroxyl groups is 1. The van der Waals surface area contributed by atoms with Crippen molar-refractivity contribution in [1.29, 1.82) is 0 Å². The molecule has 2 unspecified atom stereocenters. The Morgan fingerprint density at radius 1 is 1.30 bits per heavy atom. The normalized spacial score (nSPS) is 27.1. The maximum atomic E-state index is 12.9. The summed E-state index contributed by atoms with van der Waals surface area (Å²) in [5, 5.41) is 10.2. The quantitative estimate of drug-likeness (QED) is 0.807. The van der Waals surface area contributed by atoms with Crippen molar-refractivity contribution in [2.24, 2.45) is 5.41 Å². The fourth-order valence-corrected chi connectivity index (χ4v) is 4.75. The van der Waals surface area contributed by atoms with E-state index >= 15 is 0 Å². The van der Waals surface area contributed by atoms with E-state index in [2.05, 4.69) is 4.90 Å². The Kier molecular flexibility index (Phi) is 5.62. The lowest BCUT2D eigenvalue weighted by Gasteiger charge is -2.56. The van der Waals surface area contributed by atoms with Crippen molar-refractivity contribution < 1.29 is 14.2 Å². The van der Waals surface area contributed by atoms with Crippen LogP contribution < -0.4 is 0 Å². The molecule has 1 aromatic carbocycles. The summed E-state index contributed by atoms with van der Waals surface area (Å²) in [5.74, 6) is 0.828. The summed E-state index contributed by atoms with van der Waals surface area (Å²) in [5.41, 5.74) is 0.0105. The van der Waals surface area contributed by atoms with Gasteiger partial charge in [0.15, 0.2) is 0 Å². The molecule has 1 aromatic rings. The molecule has 1 aliphatic heterocycles. The second-order valence-corrected chi connectivity index (χ2v) is 7.74. The predicted octanol–water partition coefficient (Wildman–Crippen LogP) is 3.17. The number of halogens is 1. The number of thioether (sulfide) groups is 1. The Balaban J connectivity index is 1.42. The maximum absolute atomic E-state index is 12.9. The number of piperidine rings is 1. The minimum absolute atomic E-state index is 0.0105. The number of hydrogen-bond donors (Lipinski definition) is 1. The number of aliphatic hydroxyl groups excluding tert-OH is 1. The highest BCUT2D eigenvalue weighted by molar-refractivity contribution is 7.99. The van der Waals surface area contributed by atoms with Crippen molar-refractivity contribution in [3.05, 3.63) is 30.1 Å². The lowest BCUT2D eigenvalue weighted by molar-refractivity contribution is -0.209. The Hall–Kier alpha value is -0.620. The highest BCUT2D eigenvalue weighted by Gasteiger charge is 2.55. The molecule has 23 heavy (non-hydrogen) atoms. The standard InChI is InChI=1S/C18H26FNO2S/c1-2-22-17-13-16(21)18(17)7-9-20(10-8-18)11-12-23-15-5-3-14(19)4-6-15/h3-6,16-17,21H,2,7-13H2,1H3. The predicted molar refractivity (Wildman–Crippen MR) is 91.3 cm³/mol. The molecule has 1 aliphatic carbocycles. The van der Waals surface area contributed by atoms with Gasteiger partial charge in [0.25, 0.3) is 0 Å². The van der Waals surface area contributed by atoms with E-state index < -0.39 is 0 Å². The lowest BCUT2D eigenvalue weighted by Crippen LogP contribution is -2.62. The Bertz CT molecular complexity index is 500. The first kappa shape index (κ1) is 17.2. The Morgan fingerprint density at radius 2 is 2.00 bits per heavy atom. The van der Waals surface area contributed by atoms with Gasteiger partial charge in [-0.2, -0.15) is 0 Å². The molecule has 0 radical (unpaired) electrons. The van der Waals surface area contributed by atoms with Gasteiger partial charge in [-0.15, -0.1) is 11.8 Å². The molecule has 2 atom stereocenters. The van der Waals surface area contributed by atoms with Crippen LogP contribution in [0.2, 0.25) is 0 Å². The minimum Gasteiger partial charge on any atom is -0.392 e. The van der Waals surface area contributed by atoms with Gasteiger partial charge in [0.05, 0.1) is 12.2 Å². The second kappa shape index (κ2) is 7.51. The summed E-state index contributed by atoms with van der Waals surface area (Å²) in [6.07, 6.45) is 2.92.